The Labute approximate surface area is 155 Å². The van der Waals surface area contributed by atoms with Crippen LogP contribution in [0.4, 0.5) is 0 Å². The van der Waals surface area contributed by atoms with Gasteiger partial charge in [0.25, 0.3) is 0 Å². The topological polar surface area (TPSA) is 95.5 Å². The van der Waals surface area contributed by atoms with Crippen molar-refractivity contribution < 1.29 is 14.6 Å². The largest absolute Gasteiger partial charge is 0.476 e. The van der Waals surface area contributed by atoms with E-state index in [0.717, 1.165) is 22.3 Å². The Kier molecular flexibility index (Phi) is 4.42. The maximum atomic E-state index is 11.1. The minimum Gasteiger partial charge on any atom is -0.476 e. The molecule has 0 unspecified atom stereocenters. The fourth-order valence-electron chi connectivity index (χ4n) is 2.72. The number of hydrogen-bond donors (Lipinski definition) is 4. The standard InChI is InChI=1S/C20H16N4O3/c25-20(26)18-19(23-24-22-18)27-17-9-7-14(8-10-17)13-3-5-15(6-4-13)16-2-1-11-21-12-16/h1-12,22-24H,(H,25,26). The van der Waals surface area contributed by atoms with Crippen LogP contribution in [0.5, 0.6) is 5.75 Å². The highest BCUT2D eigenvalue weighted by Gasteiger charge is 2.21. The van der Waals surface area contributed by atoms with E-state index in [0.29, 0.717) is 5.75 Å². The molecule has 0 fully saturated rings. The highest BCUT2D eigenvalue weighted by Crippen LogP contribution is 2.26. The number of nitrogens with one attached hydrogen (secondary N) is 3. The van der Waals surface area contributed by atoms with Gasteiger partial charge in [-0.05, 0) is 40.5 Å². The molecule has 0 bridgehead atoms. The lowest BCUT2D eigenvalue weighted by atomic mass is 10.0. The van der Waals surface area contributed by atoms with Crippen LogP contribution in [-0.2, 0) is 4.79 Å². The first-order chi connectivity index (χ1) is 13.2. The molecule has 134 valence electrons. The number of aromatic nitrogens is 1. The van der Waals surface area contributed by atoms with Crippen LogP contribution in [0.2, 0.25) is 0 Å². The molecule has 0 saturated carbocycles. The molecule has 0 amide bonds. The molecule has 3 aromatic rings. The van der Waals surface area contributed by atoms with Gasteiger partial charge in [-0.2, -0.15) is 0 Å². The van der Waals surface area contributed by atoms with Crippen molar-refractivity contribution in [3.63, 3.8) is 0 Å². The Bertz CT molecular complexity index is 984. The average molecular weight is 360 g/mol. The number of carbonyl (C=O) groups is 1. The summed E-state index contributed by atoms with van der Waals surface area (Å²) in [6, 6.07) is 19.6. The zero-order valence-corrected chi connectivity index (χ0v) is 14.1. The van der Waals surface area contributed by atoms with Crippen LogP contribution in [0.3, 0.4) is 0 Å². The van der Waals surface area contributed by atoms with Crippen molar-refractivity contribution in [3.8, 4) is 28.0 Å². The summed E-state index contributed by atoms with van der Waals surface area (Å²) in [7, 11) is 0. The van der Waals surface area contributed by atoms with E-state index in [1.165, 1.54) is 0 Å². The molecule has 4 rings (SSSR count). The fraction of sp³-hybridized carbons (Fsp3) is 0. The van der Waals surface area contributed by atoms with Gasteiger partial charge in [-0.25, -0.2) is 4.79 Å². The SMILES string of the molecule is O=C(O)C1=C(Oc2ccc(-c3ccc(-c4cccnc4)cc3)cc2)NNN1. The molecule has 0 aliphatic carbocycles. The number of hydrogen-bond acceptors (Lipinski definition) is 6. The van der Waals surface area contributed by atoms with Crippen LogP contribution >= 0.6 is 0 Å². The van der Waals surface area contributed by atoms with Gasteiger partial charge in [0.15, 0.2) is 5.70 Å². The lowest BCUT2D eigenvalue weighted by molar-refractivity contribution is -0.133. The van der Waals surface area contributed by atoms with Gasteiger partial charge in [0.05, 0.1) is 0 Å². The zero-order chi connectivity index (χ0) is 18.6. The number of rotatable bonds is 5. The van der Waals surface area contributed by atoms with Crippen molar-refractivity contribution >= 4 is 5.97 Å². The van der Waals surface area contributed by atoms with E-state index in [-0.39, 0.29) is 11.6 Å². The molecule has 1 aromatic heterocycles. The number of ether oxygens (including phenoxy) is 1. The minimum atomic E-state index is -1.12. The minimum absolute atomic E-state index is 0.0786. The Morgan fingerprint density at radius 2 is 1.48 bits per heavy atom. The van der Waals surface area contributed by atoms with Gasteiger partial charge in [0, 0.05) is 12.4 Å². The number of benzene rings is 2. The van der Waals surface area contributed by atoms with Crippen LogP contribution in [0.1, 0.15) is 0 Å². The lowest BCUT2D eigenvalue weighted by Gasteiger charge is -2.08. The second kappa shape index (κ2) is 7.19. The second-order valence-corrected chi connectivity index (χ2v) is 5.83. The highest BCUT2D eigenvalue weighted by molar-refractivity contribution is 5.86. The molecule has 27 heavy (non-hydrogen) atoms. The summed E-state index contributed by atoms with van der Waals surface area (Å²) in [4.78, 5) is 15.2. The van der Waals surface area contributed by atoms with Crippen molar-refractivity contribution in [2.24, 2.45) is 0 Å². The third-order valence-electron chi connectivity index (χ3n) is 4.09. The Morgan fingerprint density at radius 1 is 0.852 bits per heavy atom. The van der Waals surface area contributed by atoms with Crippen LogP contribution < -0.4 is 21.1 Å². The number of pyridine rings is 1. The third-order valence-corrected chi connectivity index (χ3v) is 4.09. The molecule has 2 aromatic carbocycles. The van der Waals surface area contributed by atoms with Crippen molar-refractivity contribution in [1.29, 1.82) is 0 Å². The smallest absolute Gasteiger partial charge is 0.359 e. The first-order valence-electron chi connectivity index (χ1n) is 8.24. The number of carboxylic acid groups (broad SMARTS) is 1. The third kappa shape index (κ3) is 3.58. The Balaban J connectivity index is 1.51. The summed E-state index contributed by atoms with van der Waals surface area (Å²) in [6.45, 7) is 0. The van der Waals surface area contributed by atoms with Crippen molar-refractivity contribution in [2.45, 2.75) is 0 Å². The molecule has 7 nitrogen and oxygen atoms in total. The van der Waals surface area contributed by atoms with Gasteiger partial charge >= 0.3 is 5.97 Å². The first kappa shape index (κ1) is 16.6. The summed E-state index contributed by atoms with van der Waals surface area (Å²) in [5.74, 6) is -0.485. The van der Waals surface area contributed by atoms with Crippen molar-refractivity contribution in [3.05, 3.63) is 84.6 Å². The Morgan fingerprint density at radius 3 is 2.07 bits per heavy atom. The van der Waals surface area contributed by atoms with Crippen LogP contribution in [0, 0.1) is 0 Å². The molecular formula is C20H16N4O3. The van der Waals surface area contributed by atoms with Gasteiger partial charge in [-0.1, -0.05) is 42.5 Å². The molecule has 0 spiro atoms. The normalized spacial score (nSPS) is 13.0. The average Bonchev–Trinajstić information content (AvgIpc) is 3.18. The van der Waals surface area contributed by atoms with Gasteiger partial charge in [-0.15, -0.1) is 5.53 Å². The van der Waals surface area contributed by atoms with Gasteiger partial charge in [-0.3, -0.25) is 15.8 Å². The maximum absolute atomic E-state index is 11.1. The van der Waals surface area contributed by atoms with E-state index in [2.05, 4.69) is 45.6 Å². The highest BCUT2D eigenvalue weighted by atomic mass is 16.5. The summed E-state index contributed by atoms with van der Waals surface area (Å²) >= 11 is 0. The Hall–Kier alpha value is -3.84. The number of hydrazine groups is 2. The van der Waals surface area contributed by atoms with E-state index in [1.54, 1.807) is 18.3 Å². The molecule has 4 N–H and O–H groups in total. The molecule has 0 atom stereocenters. The monoisotopic (exact) mass is 360 g/mol. The van der Waals surface area contributed by atoms with E-state index in [1.807, 2.05) is 30.5 Å². The number of carboxylic acids is 1. The summed E-state index contributed by atoms with van der Waals surface area (Å²) in [6.07, 6.45) is 3.59. The van der Waals surface area contributed by atoms with Gasteiger partial charge < -0.3 is 9.84 Å². The van der Waals surface area contributed by atoms with Crippen molar-refractivity contribution in [1.82, 2.24) is 21.4 Å². The summed E-state index contributed by atoms with van der Waals surface area (Å²) in [5.41, 5.74) is 11.8. The van der Waals surface area contributed by atoms with Crippen LogP contribution in [-0.4, -0.2) is 16.1 Å². The van der Waals surface area contributed by atoms with E-state index < -0.39 is 5.97 Å². The predicted octanol–water partition coefficient (Wildman–Crippen LogP) is 2.66. The molecule has 1 aliphatic heterocycles. The summed E-state index contributed by atoms with van der Waals surface area (Å²) in [5, 5.41) is 9.07. The van der Waals surface area contributed by atoms with E-state index in [9.17, 15) is 4.79 Å². The number of nitrogens with zero attached hydrogens (tertiary/aromatic N) is 1. The van der Waals surface area contributed by atoms with Crippen molar-refractivity contribution in [2.75, 3.05) is 0 Å². The maximum Gasteiger partial charge on any atom is 0.359 e. The molecular weight excluding hydrogens is 344 g/mol. The molecule has 2 heterocycles. The fourth-order valence-corrected chi connectivity index (χ4v) is 2.72. The van der Waals surface area contributed by atoms with Gasteiger partial charge in [0.1, 0.15) is 5.75 Å². The molecule has 1 aliphatic rings. The summed E-state index contributed by atoms with van der Waals surface area (Å²) < 4.78 is 5.57. The van der Waals surface area contributed by atoms with Gasteiger partial charge in [0.2, 0.25) is 5.88 Å². The molecule has 7 heteroatoms. The first-order valence-corrected chi connectivity index (χ1v) is 8.24. The van der Waals surface area contributed by atoms with Crippen LogP contribution in [0.25, 0.3) is 22.3 Å². The van der Waals surface area contributed by atoms with E-state index >= 15 is 0 Å². The predicted molar refractivity (Wildman–Crippen MR) is 99.8 cm³/mol. The van der Waals surface area contributed by atoms with E-state index in [4.69, 9.17) is 9.84 Å². The number of aliphatic carboxylic acids is 1. The molecule has 0 saturated heterocycles. The lowest BCUT2D eigenvalue weighted by Crippen LogP contribution is -2.34. The second-order valence-electron chi connectivity index (χ2n) is 5.83. The quantitative estimate of drug-likeness (QED) is 0.556. The van der Waals surface area contributed by atoms with Crippen LogP contribution in [0.15, 0.2) is 84.6 Å². The molecule has 0 radical (unpaired) electrons. The zero-order valence-electron chi connectivity index (χ0n) is 14.1.